The smallest absolute Gasteiger partial charge is 0.248 e. The van der Waals surface area contributed by atoms with Crippen molar-refractivity contribution in [3.05, 3.63) is 47.5 Å². The van der Waals surface area contributed by atoms with Gasteiger partial charge in [-0.1, -0.05) is 109 Å². The molecule has 1 aromatic rings. The van der Waals surface area contributed by atoms with Gasteiger partial charge in [-0.05, 0) is 122 Å². The van der Waals surface area contributed by atoms with E-state index in [1.165, 1.54) is 90.4 Å². The predicted molar refractivity (Wildman–Crippen MR) is 363 cm³/mol. The molecular formula is C71H114N12O12. The number of rotatable bonds is 13. The summed E-state index contributed by atoms with van der Waals surface area (Å²) in [6.45, 7) is 25.3. The van der Waals surface area contributed by atoms with E-state index in [1.807, 2.05) is 59.7 Å². The zero-order chi connectivity index (χ0) is 71.3. The fourth-order valence-electron chi connectivity index (χ4n) is 13.4. The van der Waals surface area contributed by atoms with E-state index in [4.69, 9.17) is 0 Å². The number of carbonyl (C=O) groups excluding carboxylic acids is 12. The van der Waals surface area contributed by atoms with Gasteiger partial charge in [0.1, 0.15) is 59.4 Å². The normalized spacial score (nSPS) is 27.7. The Balaban J connectivity index is 1.64. The minimum absolute atomic E-state index is 0.0325. The van der Waals surface area contributed by atoms with E-state index >= 15 is 9.59 Å². The molecule has 4 fully saturated rings. The number of piperidine rings is 1. The summed E-state index contributed by atoms with van der Waals surface area (Å²) in [5.41, 5.74) is -1.09. The number of benzene rings is 1. The fourth-order valence-corrected chi connectivity index (χ4v) is 13.4. The van der Waals surface area contributed by atoms with Crippen molar-refractivity contribution < 1.29 is 57.5 Å². The highest BCUT2D eigenvalue weighted by molar-refractivity contribution is 6.01. The van der Waals surface area contributed by atoms with Crippen LogP contribution in [0.25, 0.3) is 0 Å². The highest BCUT2D eigenvalue weighted by atomic mass is 16.2. The molecule has 0 bridgehead atoms. The average molecular weight is 1330 g/mol. The Morgan fingerprint density at radius 1 is 0.663 bits per heavy atom. The Labute approximate surface area is 565 Å². The van der Waals surface area contributed by atoms with Crippen LogP contribution in [0.3, 0.4) is 0 Å². The molecule has 530 valence electrons. The molecule has 0 aromatic heterocycles. The lowest BCUT2D eigenvalue weighted by molar-refractivity contribution is -0.170. The number of aryl methyl sites for hydroxylation is 1. The van der Waals surface area contributed by atoms with Gasteiger partial charge in [0, 0.05) is 68.3 Å². The van der Waals surface area contributed by atoms with E-state index < -0.39 is 149 Å². The number of amides is 12. The van der Waals surface area contributed by atoms with Crippen molar-refractivity contribution in [1.29, 1.82) is 0 Å². The second-order valence-electron chi connectivity index (χ2n) is 29.4. The van der Waals surface area contributed by atoms with Crippen molar-refractivity contribution in [2.45, 2.75) is 239 Å². The van der Waals surface area contributed by atoms with Gasteiger partial charge in [0.2, 0.25) is 70.9 Å². The summed E-state index contributed by atoms with van der Waals surface area (Å²) in [7, 11) is 8.69. The van der Waals surface area contributed by atoms with Gasteiger partial charge >= 0.3 is 0 Å². The van der Waals surface area contributed by atoms with Crippen molar-refractivity contribution in [2.75, 3.05) is 68.5 Å². The topological polar surface area (TPSA) is 279 Å². The number of fused-ring (bicyclic) bond motifs is 1. The van der Waals surface area contributed by atoms with Gasteiger partial charge in [0.05, 0.1) is 13.0 Å². The number of hydrogen-bond acceptors (Lipinski definition) is 12. The van der Waals surface area contributed by atoms with Crippen molar-refractivity contribution >= 4 is 70.9 Å². The lowest BCUT2D eigenvalue weighted by Crippen LogP contribution is -2.71. The molecule has 3 heterocycles. The van der Waals surface area contributed by atoms with E-state index in [9.17, 15) is 47.9 Å². The van der Waals surface area contributed by atoms with Crippen LogP contribution in [-0.4, -0.2) is 238 Å². The Kier molecular flexibility index (Phi) is 28.0. The standard InChI is InChI=1S/C71H114N12O12/c1-20-47(9)59-67(93)77(15)48(10)62(88)83-34-31-71(83,13)69(95)80(18)55(40-49-28-22-23-29-49)65(91)76(14)42-57(84)72-51(39-50-30-26-27-46(8)38-50)60(86)73-53(36-44(4)5)64(90)81(19)70(11,12)68(94)74-52(35-43(2)3)63(89)79(17)56(66(92)82-32-24-21-25-33-82)41-58(85)78(16)54(37-45(6)7)61(87)75-59/h26-27,30,38,43,45,47-49,51-56,59H,4,20-25,28-29,31-37,39-42H2,1-3,5-19H3,(H,72,84)(H,73,86)(H,74,94)(H,75,87)/t47-,48-,51-,52-,53-,54-,55-,56-,59-,71?/m0/s1. The van der Waals surface area contributed by atoms with Gasteiger partial charge in [0.15, 0.2) is 0 Å². The molecule has 1 unspecified atom stereocenters. The minimum atomic E-state index is -1.72. The zero-order valence-electron chi connectivity index (χ0n) is 60.4. The van der Waals surface area contributed by atoms with Gasteiger partial charge in [0.25, 0.3) is 0 Å². The molecule has 3 aliphatic heterocycles. The van der Waals surface area contributed by atoms with Crippen LogP contribution in [0.2, 0.25) is 0 Å². The first kappa shape index (κ1) is 78.3. The summed E-state index contributed by atoms with van der Waals surface area (Å²) in [4.78, 5) is 189. The quantitative estimate of drug-likeness (QED) is 0.198. The highest BCUT2D eigenvalue weighted by Gasteiger charge is 2.54. The lowest BCUT2D eigenvalue weighted by Gasteiger charge is -2.52. The number of carbonyl (C=O) groups is 12. The van der Waals surface area contributed by atoms with Crippen LogP contribution in [0.5, 0.6) is 0 Å². The largest absolute Gasteiger partial charge is 0.342 e. The molecule has 24 nitrogen and oxygen atoms in total. The molecule has 3 saturated heterocycles. The van der Waals surface area contributed by atoms with E-state index in [1.54, 1.807) is 38.7 Å². The molecule has 1 saturated carbocycles. The van der Waals surface area contributed by atoms with E-state index in [-0.39, 0.29) is 62.8 Å². The van der Waals surface area contributed by atoms with E-state index in [2.05, 4.69) is 27.8 Å². The summed E-state index contributed by atoms with van der Waals surface area (Å²) in [6, 6.07) is -2.55. The van der Waals surface area contributed by atoms with Crippen LogP contribution in [-0.2, 0) is 64.0 Å². The third-order valence-electron chi connectivity index (χ3n) is 20.4. The lowest BCUT2D eigenvalue weighted by atomic mass is 9.83. The van der Waals surface area contributed by atoms with Gasteiger partial charge in [-0.2, -0.15) is 0 Å². The number of likely N-dealkylation sites (tertiary alicyclic amines) is 1. The molecule has 10 atom stereocenters. The third kappa shape index (κ3) is 19.7. The summed E-state index contributed by atoms with van der Waals surface area (Å²) >= 11 is 0. The van der Waals surface area contributed by atoms with Gasteiger partial charge in [-0.15, -0.1) is 6.58 Å². The Hall–Kier alpha value is -7.40. The molecule has 4 aliphatic rings. The van der Waals surface area contributed by atoms with Gasteiger partial charge < -0.3 is 60.5 Å². The molecule has 95 heavy (non-hydrogen) atoms. The maximum absolute atomic E-state index is 15.2. The first-order valence-electron chi connectivity index (χ1n) is 34.5. The van der Waals surface area contributed by atoms with Gasteiger partial charge in [-0.25, -0.2) is 0 Å². The van der Waals surface area contributed by atoms with Crippen LogP contribution in [0, 0.1) is 30.6 Å². The minimum Gasteiger partial charge on any atom is -0.342 e. The number of hydrogen-bond donors (Lipinski definition) is 4. The van der Waals surface area contributed by atoms with Crippen LogP contribution in [0.15, 0.2) is 36.4 Å². The Bertz CT molecular complexity index is 2980. The van der Waals surface area contributed by atoms with E-state index in [0.29, 0.717) is 43.5 Å². The van der Waals surface area contributed by atoms with Crippen LogP contribution < -0.4 is 21.3 Å². The average Bonchev–Trinajstić information content (AvgIpc) is 0.808. The Morgan fingerprint density at radius 2 is 1.28 bits per heavy atom. The van der Waals surface area contributed by atoms with E-state index in [0.717, 1.165) is 37.7 Å². The summed E-state index contributed by atoms with van der Waals surface area (Å²) in [6.07, 6.45) is 6.32. The SMILES string of the molecule is C=C(C)C[C@@H]1NC(=O)[C@H](Cc2cccc(C)c2)NC(=O)CN(C)C(=O)[C@H](CC2CCCC2)N(C)C(=O)C2(C)CCN2C(=O)[C@H](C)N(C)C(=O)[C@H]([C@@H](C)CC)NC(=O)[C@H](CC(C)C)N(C)C(=O)C[C@@H](C(=O)N2CCCCC2)N(C)C(=O)[C@H](CC(C)C)NC(=O)C(C)(C)N(C)C1=O. The number of nitrogens with one attached hydrogen (secondary N) is 4. The van der Waals surface area contributed by atoms with Crippen LogP contribution >= 0.6 is 0 Å². The molecule has 1 aromatic carbocycles. The van der Waals surface area contributed by atoms with Crippen molar-refractivity contribution in [3.63, 3.8) is 0 Å². The maximum atomic E-state index is 15.2. The molecule has 4 N–H and O–H groups in total. The predicted octanol–water partition coefficient (Wildman–Crippen LogP) is 4.59. The molecule has 5 rings (SSSR count). The van der Waals surface area contributed by atoms with Crippen LogP contribution in [0.4, 0.5) is 0 Å². The zero-order valence-corrected chi connectivity index (χ0v) is 60.4. The molecule has 0 spiro atoms. The maximum Gasteiger partial charge on any atom is 0.248 e. The van der Waals surface area contributed by atoms with Gasteiger partial charge in [-0.3, -0.25) is 57.5 Å². The third-order valence-corrected chi connectivity index (χ3v) is 20.4. The second kappa shape index (κ2) is 34.0. The Morgan fingerprint density at radius 3 is 1.84 bits per heavy atom. The summed E-state index contributed by atoms with van der Waals surface area (Å²) < 4.78 is 0. The molecule has 24 heteroatoms. The first-order chi connectivity index (χ1) is 44.4. The molecular weight excluding hydrogens is 1210 g/mol. The van der Waals surface area contributed by atoms with Crippen molar-refractivity contribution in [3.8, 4) is 0 Å². The molecule has 1 aliphatic carbocycles. The monoisotopic (exact) mass is 1330 g/mol. The molecule has 12 amide bonds. The molecule has 0 radical (unpaired) electrons. The van der Waals surface area contributed by atoms with Crippen LogP contribution in [0.1, 0.15) is 177 Å². The van der Waals surface area contributed by atoms with Crippen molar-refractivity contribution in [2.24, 2.45) is 23.7 Å². The highest BCUT2D eigenvalue weighted by Crippen LogP contribution is 2.36. The second-order valence-corrected chi connectivity index (χ2v) is 29.4. The number of nitrogens with zero attached hydrogens (tertiary/aromatic N) is 8. The summed E-state index contributed by atoms with van der Waals surface area (Å²) in [5.74, 6) is -8.33. The number of likely N-dealkylation sites (N-methyl/N-ethyl adjacent to an activating group) is 6. The van der Waals surface area contributed by atoms with Crippen molar-refractivity contribution in [1.82, 2.24) is 60.5 Å². The summed E-state index contributed by atoms with van der Waals surface area (Å²) in [5, 5.41) is 11.5. The fraction of sp³-hybridized carbons (Fsp3) is 0.718. The first-order valence-corrected chi connectivity index (χ1v) is 34.5.